The van der Waals surface area contributed by atoms with Gasteiger partial charge in [-0.05, 0) is 33.2 Å². The fourth-order valence-electron chi connectivity index (χ4n) is 2.55. The number of rotatable bonds is 4. The SMILES string of the molecule is CC(C)CCN1C(=O)C(CN)N(C)CC1(C)C. The number of amides is 1. The minimum Gasteiger partial charge on any atom is -0.335 e. The largest absolute Gasteiger partial charge is 0.335 e. The highest BCUT2D eigenvalue weighted by Crippen LogP contribution is 2.25. The summed E-state index contributed by atoms with van der Waals surface area (Å²) in [5, 5.41) is 0. The molecule has 17 heavy (non-hydrogen) atoms. The number of nitrogens with zero attached hydrogens (tertiary/aromatic N) is 2. The first kappa shape index (κ1) is 14.5. The molecule has 0 bridgehead atoms. The van der Waals surface area contributed by atoms with Crippen LogP contribution in [0.2, 0.25) is 0 Å². The van der Waals surface area contributed by atoms with Crippen LogP contribution in [0.5, 0.6) is 0 Å². The lowest BCUT2D eigenvalue weighted by molar-refractivity contribution is -0.150. The summed E-state index contributed by atoms with van der Waals surface area (Å²) in [6.07, 6.45) is 1.05. The minimum atomic E-state index is -0.143. The standard InChI is InChI=1S/C13H27N3O/c1-10(2)6-7-16-12(17)11(8-14)15(5)9-13(16,3)4/h10-11H,6-9,14H2,1-5H3. The summed E-state index contributed by atoms with van der Waals surface area (Å²) >= 11 is 0. The minimum absolute atomic E-state index is 0.0909. The fourth-order valence-corrected chi connectivity index (χ4v) is 2.55. The van der Waals surface area contributed by atoms with Gasteiger partial charge in [-0.3, -0.25) is 9.69 Å². The van der Waals surface area contributed by atoms with Crippen molar-refractivity contribution in [3.05, 3.63) is 0 Å². The summed E-state index contributed by atoms with van der Waals surface area (Å²) in [6, 6.07) is -0.143. The number of hydrogen-bond acceptors (Lipinski definition) is 3. The van der Waals surface area contributed by atoms with E-state index in [0.717, 1.165) is 19.5 Å². The number of nitrogens with two attached hydrogens (primary N) is 1. The number of carbonyl (C=O) groups is 1. The molecular formula is C13H27N3O. The van der Waals surface area contributed by atoms with Gasteiger partial charge in [-0.1, -0.05) is 13.8 Å². The third-order valence-electron chi connectivity index (χ3n) is 3.60. The van der Waals surface area contributed by atoms with E-state index in [-0.39, 0.29) is 17.5 Å². The highest BCUT2D eigenvalue weighted by molar-refractivity contribution is 5.83. The van der Waals surface area contributed by atoms with Gasteiger partial charge in [0, 0.05) is 25.2 Å². The highest BCUT2D eigenvalue weighted by Gasteiger charge is 2.42. The summed E-state index contributed by atoms with van der Waals surface area (Å²) in [5.41, 5.74) is 5.61. The maximum Gasteiger partial charge on any atom is 0.241 e. The van der Waals surface area contributed by atoms with Crippen LogP contribution in [0.15, 0.2) is 0 Å². The van der Waals surface area contributed by atoms with Crippen molar-refractivity contribution in [3.8, 4) is 0 Å². The van der Waals surface area contributed by atoms with E-state index in [4.69, 9.17) is 5.73 Å². The van der Waals surface area contributed by atoms with E-state index in [1.165, 1.54) is 0 Å². The first-order chi connectivity index (χ1) is 7.79. The first-order valence-corrected chi connectivity index (χ1v) is 6.51. The van der Waals surface area contributed by atoms with Gasteiger partial charge in [0.1, 0.15) is 6.04 Å². The van der Waals surface area contributed by atoms with Crippen molar-refractivity contribution in [1.29, 1.82) is 0 Å². The maximum atomic E-state index is 12.4. The van der Waals surface area contributed by atoms with Crippen molar-refractivity contribution in [2.45, 2.75) is 45.7 Å². The second-order valence-electron chi connectivity index (χ2n) is 6.15. The van der Waals surface area contributed by atoms with Gasteiger partial charge >= 0.3 is 0 Å². The lowest BCUT2D eigenvalue weighted by Crippen LogP contribution is -2.67. The number of hydrogen-bond donors (Lipinski definition) is 1. The zero-order valence-electron chi connectivity index (χ0n) is 11.9. The number of piperazine rings is 1. The molecule has 1 aliphatic rings. The van der Waals surface area contributed by atoms with E-state index in [1.54, 1.807) is 0 Å². The second kappa shape index (κ2) is 5.36. The summed E-state index contributed by atoms with van der Waals surface area (Å²) in [4.78, 5) is 16.5. The van der Waals surface area contributed by atoms with Crippen LogP contribution in [0.3, 0.4) is 0 Å². The van der Waals surface area contributed by atoms with Crippen molar-refractivity contribution in [1.82, 2.24) is 9.80 Å². The van der Waals surface area contributed by atoms with E-state index in [9.17, 15) is 4.79 Å². The van der Waals surface area contributed by atoms with Crippen LogP contribution in [-0.4, -0.2) is 54.0 Å². The molecule has 1 heterocycles. The van der Waals surface area contributed by atoms with Crippen LogP contribution in [0.25, 0.3) is 0 Å². The molecular weight excluding hydrogens is 214 g/mol. The average molecular weight is 241 g/mol. The molecule has 0 radical (unpaired) electrons. The Morgan fingerprint density at radius 2 is 2.06 bits per heavy atom. The van der Waals surface area contributed by atoms with Crippen LogP contribution in [-0.2, 0) is 4.79 Å². The van der Waals surface area contributed by atoms with Crippen molar-refractivity contribution in [2.24, 2.45) is 11.7 Å². The van der Waals surface area contributed by atoms with Crippen LogP contribution in [0.4, 0.5) is 0 Å². The van der Waals surface area contributed by atoms with Crippen molar-refractivity contribution in [2.75, 3.05) is 26.7 Å². The molecule has 1 aliphatic heterocycles. The van der Waals surface area contributed by atoms with E-state index in [2.05, 4.69) is 32.6 Å². The molecule has 1 amide bonds. The smallest absolute Gasteiger partial charge is 0.241 e. The van der Waals surface area contributed by atoms with Gasteiger partial charge in [0.05, 0.1) is 0 Å². The average Bonchev–Trinajstić information content (AvgIpc) is 2.15. The molecule has 1 fully saturated rings. The van der Waals surface area contributed by atoms with Gasteiger partial charge in [0.15, 0.2) is 0 Å². The van der Waals surface area contributed by atoms with E-state index >= 15 is 0 Å². The third kappa shape index (κ3) is 3.19. The Hall–Kier alpha value is -0.610. The lowest BCUT2D eigenvalue weighted by Gasteiger charge is -2.49. The van der Waals surface area contributed by atoms with Crippen LogP contribution < -0.4 is 5.73 Å². The third-order valence-corrected chi connectivity index (χ3v) is 3.60. The number of likely N-dealkylation sites (N-methyl/N-ethyl adjacent to an activating group) is 1. The topological polar surface area (TPSA) is 49.6 Å². The molecule has 0 aromatic heterocycles. The zero-order chi connectivity index (χ0) is 13.2. The van der Waals surface area contributed by atoms with Gasteiger partial charge in [-0.25, -0.2) is 0 Å². The van der Waals surface area contributed by atoms with Crippen molar-refractivity contribution >= 4 is 5.91 Å². The monoisotopic (exact) mass is 241 g/mol. The van der Waals surface area contributed by atoms with Gasteiger partial charge in [0.2, 0.25) is 5.91 Å². The molecule has 0 spiro atoms. The molecule has 0 aliphatic carbocycles. The molecule has 0 saturated carbocycles. The lowest BCUT2D eigenvalue weighted by atomic mass is 9.94. The molecule has 0 aromatic rings. The molecule has 2 N–H and O–H groups in total. The highest BCUT2D eigenvalue weighted by atomic mass is 16.2. The normalized spacial score (nSPS) is 25.7. The summed E-state index contributed by atoms with van der Waals surface area (Å²) in [6.45, 7) is 10.8. The molecule has 1 saturated heterocycles. The van der Waals surface area contributed by atoms with Gasteiger partial charge in [-0.15, -0.1) is 0 Å². The molecule has 4 heteroatoms. The predicted octanol–water partition coefficient (Wildman–Crippen LogP) is 0.912. The van der Waals surface area contributed by atoms with E-state index in [0.29, 0.717) is 12.5 Å². The second-order valence-corrected chi connectivity index (χ2v) is 6.15. The number of carbonyl (C=O) groups excluding carboxylic acids is 1. The molecule has 100 valence electrons. The molecule has 4 nitrogen and oxygen atoms in total. The predicted molar refractivity (Wildman–Crippen MR) is 70.7 cm³/mol. The van der Waals surface area contributed by atoms with Gasteiger partial charge in [0.25, 0.3) is 0 Å². The van der Waals surface area contributed by atoms with E-state index < -0.39 is 0 Å². The first-order valence-electron chi connectivity index (χ1n) is 6.51. The Kier molecular flexibility index (Phi) is 4.55. The molecule has 1 atom stereocenters. The van der Waals surface area contributed by atoms with Crippen molar-refractivity contribution in [3.63, 3.8) is 0 Å². The maximum absolute atomic E-state index is 12.4. The quantitative estimate of drug-likeness (QED) is 0.796. The summed E-state index contributed by atoms with van der Waals surface area (Å²) < 4.78 is 0. The summed E-state index contributed by atoms with van der Waals surface area (Å²) in [5.74, 6) is 0.807. The fraction of sp³-hybridized carbons (Fsp3) is 0.923. The van der Waals surface area contributed by atoms with Gasteiger partial charge in [-0.2, -0.15) is 0 Å². The zero-order valence-corrected chi connectivity index (χ0v) is 11.9. The molecule has 0 aromatic carbocycles. The van der Waals surface area contributed by atoms with E-state index in [1.807, 2.05) is 11.9 Å². The molecule has 1 unspecified atom stereocenters. The Morgan fingerprint density at radius 1 is 1.47 bits per heavy atom. The molecule has 1 rings (SSSR count). The Bertz CT molecular complexity index is 276. The Balaban J connectivity index is 2.80. The Labute approximate surface area is 105 Å². The van der Waals surface area contributed by atoms with Crippen LogP contribution in [0.1, 0.15) is 34.1 Å². The van der Waals surface area contributed by atoms with Gasteiger partial charge < -0.3 is 10.6 Å². The van der Waals surface area contributed by atoms with Crippen molar-refractivity contribution < 1.29 is 4.79 Å². The van der Waals surface area contributed by atoms with Crippen LogP contribution >= 0.6 is 0 Å². The van der Waals surface area contributed by atoms with Crippen LogP contribution in [0, 0.1) is 5.92 Å². The summed E-state index contributed by atoms with van der Waals surface area (Å²) in [7, 11) is 1.98. The Morgan fingerprint density at radius 3 is 2.53 bits per heavy atom.